The van der Waals surface area contributed by atoms with Crippen LogP contribution in [0.2, 0.25) is 0 Å². The molecule has 176 valence electrons. The second kappa shape index (κ2) is 10.4. The number of carboxylic acid groups (broad SMARTS) is 1. The fraction of sp³-hybridized carbons (Fsp3) is 0.731. The van der Waals surface area contributed by atoms with Crippen molar-refractivity contribution < 1.29 is 18.7 Å². The van der Waals surface area contributed by atoms with E-state index in [1.54, 1.807) is 0 Å². The van der Waals surface area contributed by atoms with Gasteiger partial charge in [-0.1, -0.05) is 41.5 Å². The standard InChI is InChI=1S/C26H41F2NO2/c1-25(2,3)9-11-29(12-10-26(4,5)6)23-8-7-18(14-24(30)31)13-22(23)19-15-20(27)17-21(28)16-19/h15-18,22-23H,7-14H2,1-6H3,(H,30,31)/t18-,22+,23-/m1/s1. The van der Waals surface area contributed by atoms with Crippen molar-refractivity contribution in [2.24, 2.45) is 16.7 Å². The van der Waals surface area contributed by atoms with Gasteiger partial charge in [-0.15, -0.1) is 0 Å². The van der Waals surface area contributed by atoms with Crippen molar-refractivity contribution in [1.29, 1.82) is 0 Å². The van der Waals surface area contributed by atoms with Gasteiger partial charge in [-0.3, -0.25) is 9.69 Å². The fourth-order valence-electron chi connectivity index (χ4n) is 4.66. The second-order valence-electron chi connectivity index (χ2n) is 11.8. The summed E-state index contributed by atoms with van der Waals surface area (Å²) >= 11 is 0. The molecule has 1 N–H and O–H groups in total. The molecule has 0 saturated heterocycles. The predicted octanol–water partition coefficient (Wildman–Crippen LogP) is 6.87. The van der Waals surface area contributed by atoms with E-state index in [0.717, 1.165) is 44.8 Å². The molecule has 0 aromatic heterocycles. The molecule has 31 heavy (non-hydrogen) atoms. The molecule has 0 heterocycles. The van der Waals surface area contributed by atoms with Gasteiger partial charge in [0.05, 0.1) is 0 Å². The first-order chi connectivity index (χ1) is 14.2. The average Bonchev–Trinajstić information content (AvgIpc) is 2.59. The Balaban J connectivity index is 2.35. The van der Waals surface area contributed by atoms with Gasteiger partial charge in [-0.25, -0.2) is 8.78 Å². The largest absolute Gasteiger partial charge is 0.481 e. The smallest absolute Gasteiger partial charge is 0.303 e. The summed E-state index contributed by atoms with van der Waals surface area (Å²) in [5.74, 6) is -1.96. The molecule has 0 unspecified atom stereocenters. The van der Waals surface area contributed by atoms with Crippen LogP contribution in [0.1, 0.15) is 91.5 Å². The summed E-state index contributed by atoms with van der Waals surface area (Å²) in [7, 11) is 0. The summed E-state index contributed by atoms with van der Waals surface area (Å²) in [5.41, 5.74) is 1.05. The van der Waals surface area contributed by atoms with Gasteiger partial charge in [0.15, 0.2) is 0 Å². The summed E-state index contributed by atoms with van der Waals surface area (Å²) in [6, 6.07) is 3.95. The zero-order valence-electron chi connectivity index (χ0n) is 20.2. The van der Waals surface area contributed by atoms with Crippen LogP contribution >= 0.6 is 0 Å². The van der Waals surface area contributed by atoms with Crippen LogP contribution < -0.4 is 0 Å². The van der Waals surface area contributed by atoms with E-state index >= 15 is 0 Å². The third-order valence-electron chi connectivity index (χ3n) is 6.47. The van der Waals surface area contributed by atoms with Crippen LogP contribution in [0, 0.1) is 28.4 Å². The van der Waals surface area contributed by atoms with Crippen LogP contribution in [0.15, 0.2) is 18.2 Å². The lowest BCUT2D eigenvalue weighted by Crippen LogP contribution is -2.45. The van der Waals surface area contributed by atoms with Gasteiger partial charge in [0.25, 0.3) is 0 Å². The number of benzene rings is 1. The molecule has 1 saturated carbocycles. The minimum atomic E-state index is -0.801. The van der Waals surface area contributed by atoms with Crippen molar-refractivity contribution >= 4 is 5.97 Å². The van der Waals surface area contributed by atoms with E-state index in [-0.39, 0.29) is 35.1 Å². The average molecular weight is 438 g/mol. The number of hydrogen-bond donors (Lipinski definition) is 1. The van der Waals surface area contributed by atoms with Crippen LogP contribution in [0.3, 0.4) is 0 Å². The number of nitrogens with zero attached hydrogens (tertiary/aromatic N) is 1. The molecule has 1 aromatic carbocycles. The third kappa shape index (κ3) is 8.88. The Morgan fingerprint density at radius 3 is 1.94 bits per heavy atom. The number of hydrogen-bond acceptors (Lipinski definition) is 2. The summed E-state index contributed by atoms with van der Waals surface area (Å²) in [4.78, 5) is 13.8. The maximum Gasteiger partial charge on any atom is 0.303 e. The maximum atomic E-state index is 14.1. The topological polar surface area (TPSA) is 40.5 Å². The molecule has 0 radical (unpaired) electrons. The van der Waals surface area contributed by atoms with Gasteiger partial charge in [-0.2, -0.15) is 0 Å². The number of carbonyl (C=O) groups is 1. The lowest BCUT2D eigenvalue weighted by Gasteiger charge is -2.44. The third-order valence-corrected chi connectivity index (χ3v) is 6.47. The molecule has 5 heteroatoms. The van der Waals surface area contributed by atoms with Crippen LogP contribution in [-0.4, -0.2) is 35.1 Å². The van der Waals surface area contributed by atoms with E-state index < -0.39 is 17.6 Å². The fourth-order valence-corrected chi connectivity index (χ4v) is 4.66. The van der Waals surface area contributed by atoms with Gasteiger partial charge in [0.1, 0.15) is 11.6 Å². The Bertz CT molecular complexity index is 698. The minimum absolute atomic E-state index is 0.0390. The Labute approximate surface area is 187 Å². The van der Waals surface area contributed by atoms with Gasteiger partial charge >= 0.3 is 5.97 Å². The number of carboxylic acids is 1. The minimum Gasteiger partial charge on any atom is -0.481 e. The van der Waals surface area contributed by atoms with E-state index in [9.17, 15) is 18.7 Å². The second-order valence-corrected chi connectivity index (χ2v) is 11.8. The van der Waals surface area contributed by atoms with E-state index in [1.165, 1.54) is 12.1 Å². The van der Waals surface area contributed by atoms with Crippen molar-refractivity contribution in [2.75, 3.05) is 13.1 Å². The first-order valence-electron chi connectivity index (χ1n) is 11.7. The van der Waals surface area contributed by atoms with Crippen molar-refractivity contribution in [3.05, 3.63) is 35.4 Å². The SMILES string of the molecule is CC(C)(C)CCN(CCC(C)(C)C)[C@@H]1CC[C@@H](CC(=O)O)C[C@H]1c1cc(F)cc(F)c1. The van der Waals surface area contributed by atoms with Crippen LogP contribution in [-0.2, 0) is 4.79 Å². The van der Waals surface area contributed by atoms with E-state index in [4.69, 9.17) is 0 Å². The van der Waals surface area contributed by atoms with E-state index in [1.807, 2.05) is 0 Å². The molecule has 1 fully saturated rings. The summed E-state index contributed by atoms with van der Waals surface area (Å²) in [5, 5.41) is 9.30. The van der Waals surface area contributed by atoms with Crippen molar-refractivity contribution in [2.45, 2.75) is 92.0 Å². The van der Waals surface area contributed by atoms with Gasteiger partial charge in [0, 0.05) is 18.5 Å². The van der Waals surface area contributed by atoms with Crippen LogP contribution in [0.4, 0.5) is 8.78 Å². The molecule has 0 spiro atoms. The summed E-state index contributed by atoms with van der Waals surface area (Å²) in [6.45, 7) is 15.3. The summed E-state index contributed by atoms with van der Waals surface area (Å²) in [6.07, 6.45) is 4.54. The quantitative estimate of drug-likeness (QED) is 0.483. The molecule has 0 bridgehead atoms. The zero-order chi connectivity index (χ0) is 23.4. The van der Waals surface area contributed by atoms with Crippen molar-refractivity contribution in [3.63, 3.8) is 0 Å². The van der Waals surface area contributed by atoms with Gasteiger partial charge < -0.3 is 5.11 Å². The molecule has 1 aliphatic rings. The summed E-state index contributed by atoms with van der Waals surface area (Å²) < 4.78 is 28.2. The highest BCUT2D eigenvalue weighted by Crippen LogP contribution is 2.41. The number of aliphatic carboxylic acids is 1. The lowest BCUT2D eigenvalue weighted by molar-refractivity contribution is -0.138. The highest BCUT2D eigenvalue weighted by molar-refractivity contribution is 5.67. The van der Waals surface area contributed by atoms with Crippen LogP contribution in [0.5, 0.6) is 0 Å². The number of halogens is 2. The molecule has 3 atom stereocenters. The predicted molar refractivity (Wildman–Crippen MR) is 122 cm³/mol. The van der Waals surface area contributed by atoms with Crippen molar-refractivity contribution in [1.82, 2.24) is 4.90 Å². The molecule has 1 aliphatic carbocycles. The highest BCUT2D eigenvalue weighted by atomic mass is 19.1. The first-order valence-corrected chi connectivity index (χ1v) is 11.7. The van der Waals surface area contributed by atoms with E-state index in [2.05, 4.69) is 46.4 Å². The molecule has 1 aromatic rings. The van der Waals surface area contributed by atoms with E-state index in [0.29, 0.717) is 12.0 Å². The molecular weight excluding hydrogens is 396 g/mol. The van der Waals surface area contributed by atoms with Gasteiger partial charge in [0.2, 0.25) is 0 Å². The first kappa shape index (κ1) is 25.8. The Hall–Kier alpha value is -1.49. The molecule has 2 rings (SSSR count). The van der Waals surface area contributed by atoms with Crippen LogP contribution in [0.25, 0.3) is 0 Å². The Morgan fingerprint density at radius 1 is 0.968 bits per heavy atom. The Kier molecular flexibility index (Phi) is 8.66. The lowest BCUT2D eigenvalue weighted by atomic mass is 9.72. The van der Waals surface area contributed by atoms with Crippen molar-refractivity contribution in [3.8, 4) is 0 Å². The number of rotatable bonds is 8. The monoisotopic (exact) mass is 437 g/mol. The highest BCUT2D eigenvalue weighted by Gasteiger charge is 2.36. The maximum absolute atomic E-state index is 14.1. The molecule has 0 amide bonds. The molecular formula is C26H41F2NO2. The Morgan fingerprint density at radius 2 is 1.48 bits per heavy atom. The molecule has 3 nitrogen and oxygen atoms in total. The zero-order valence-corrected chi connectivity index (χ0v) is 20.2. The van der Waals surface area contributed by atoms with Gasteiger partial charge in [-0.05, 0) is 85.6 Å². The normalized spacial score (nSPS) is 22.7. The molecule has 0 aliphatic heterocycles.